The predicted octanol–water partition coefficient (Wildman–Crippen LogP) is 4.15. The van der Waals surface area contributed by atoms with Crippen molar-refractivity contribution in [3.8, 4) is 0 Å². The van der Waals surface area contributed by atoms with Crippen LogP contribution < -0.4 is 10.6 Å². The lowest BCUT2D eigenvalue weighted by molar-refractivity contribution is -0.138. The van der Waals surface area contributed by atoms with Gasteiger partial charge in [-0.15, -0.1) is 0 Å². The molecule has 9 heteroatoms. The zero-order valence-corrected chi connectivity index (χ0v) is 22.1. The average Bonchev–Trinajstić information content (AvgIpc) is 3.32. The van der Waals surface area contributed by atoms with E-state index < -0.39 is 11.7 Å². The molecule has 38 heavy (non-hydrogen) atoms. The number of fused-ring (bicyclic) bond motifs is 3. The number of hydrogen-bond donors (Lipinski definition) is 2. The molecule has 4 amide bonds. The second-order valence-corrected chi connectivity index (χ2v) is 10.3. The van der Waals surface area contributed by atoms with Crippen LogP contribution >= 0.6 is 0 Å². The Labute approximate surface area is 223 Å². The van der Waals surface area contributed by atoms with Crippen LogP contribution in [0, 0.1) is 0 Å². The molecule has 2 atom stereocenters. The Morgan fingerprint density at radius 3 is 2.74 bits per heavy atom. The highest BCUT2D eigenvalue weighted by atomic mass is 16.6. The average molecular weight is 521 g/mol. The zero-order valence-electron chi connectivity index (χ0n) is 22.1. The third-order valence-corrected chi connectivity index (χ3v) is 7.94. The maximum absolute atomic E-state index is 13.5. The van der Waals surface area contributed by atoms with Crippen molar-refractivity contribution in [1.29, 1.82) is 0 Å². The summed E-state index contributed by atoms with van der Waals surface area (Å²) in [5, 5.41) is 5.25. The lowest BCUT2D eigenvalue weighted by Gasteiger charge is -2.29. The number of rotatable bonds is 8. The number of amides is 4. The molecule has 2 aliphatic heterocycles. The van der Waals surface area contributed by atoms with Crippen LogP contribution in [-0.4, -0.2) is 60.8 Å². The van der Waals surface area contributed by atoms with Crippen LogP contribution in [0.3, 0.4) is 0 Å². The molecule has 2 N–H and O–H groups in total. The highest BCUT2D eigenvalue weighted by Gasteiger charge is 2.57. The number of imide groups is 1. The van der Waals surface area contributed by atoms with Gasteiger partial charge in [0, 0.05) is 37.3 Å². The fraction of sp³-hybridized carbons (Fsp3) is 0.483. The fourth-order valence-electron chi connectivity index (χ4n) is 5.94. The summed E-state index contributed by atoms with van der Waals surface area (Å²) in [6.45, 7) is 3.88. The SMILES string of the molecule is CCC[C@H]1CCc2ccccc2CN1COCCN1C(=O)O[C@@]2(CCc3cc(NC(=O)NC)ccc32)C1=O. The summed E-state index contributed by atoms with van der Waals surface area (Å²) in [5.41, 5.74) is 3.65. The van der Waals surface area contributed by atoms with Crippen LogP contribution in [0.1, 0.15) is 54.9 Å². The second-order valence-electron chi connectivity index (χ2n) is 10.3. The Bertz CT molecular complexity index is 1220. The van der Waals surface area contributed by atoms with E-state index >= 15 is 0 Å². The summed E-state index contributed by atoms with van der Waals surface area (Å²) in [7, 11) is 1.54. The fourth-order valence-corrected chi connectivity index (χ4v) is 5.94. The van der Waals surface area contributed by atoms with Crippen LogP contribution in [-0.2, 0) is 39.3 Å². The first-order chi connectivity index (χ1) is 18.4. The molecule has 0 aromatic heterocycles. The molecule has 5 rings (SSSR count). The highest BCUT2D eigenvalue weighted by molar-refractivity contribution is 6.04. The van der Waals surface area contributed by atoms with E-state index in [1.165, 1.54) is 16.0 Å². The van der Waals surface area contributed by atoms with E-state index in [0.717, 1.165) is 37.8 Å². The van der Waals surface area contributed by atoms with Gasteiger partial charge in [-0.2, -0.15) is 0 Å². The van der Waals surface area contributed by atoms with Crippen molar-refractivity contribution in [1.82, 2.24) is 15.1 Å². The van der Waals surface area contributed by atoms with Crippen molar-refractivity contribution < 1.29 is 23.9 Å². The molecule has 1 spiro atoms. The second kappa shape index (κ2) is 11.1. The smallest absolute Gasteiger partial charge is 0.418 e. The number of urea groups is 1. The quantitative estimate of drug-likeness (QED) is 0.508. The molecule has 9 nitrogen and oxygen atoms in total. The minimum absolute atomic E-state index is 0.147. The van der Waals surface area contributed by atoms with Gasteiger partial charge in [0.1, 0.15) is 0 Å². The van der Waals surface area contributed by atoms with Crippen molar-refractivity contribution in [3.63, 3.8) is 0 Å². The van der Waals surface area contributed by atoms with Gasteiger partial charge in [-0.3, -0.25) is 9.69 Å². The van der Waals surface area contributed by atoms with Gasteiger partial charge in [0.05, 0.1) is 19.9 Å². The van der Waals surface area contributed by atoms with E-state index in [1.807, 2.05) is 6.07 Å². The Kier molecular flexibility index (Phi) is 7.67. The molecular formula is C29H36N4O5. The zero-order chi connectivity index (χ0) is 26.7. The molecule has 0 saturated carbocycles. The first-order valence-electron chi connectivity index (χ1n) is 13.5. The molecule has 1 aliphatic carbocycles. The van der Waals surface area contributed by atoms with Crippen LogP contribution in [0.2, 0.25) is 0 Å². The van der Waals surface area contributed by atoms with Crippen molar-refractivity contribution in [2.45, 2.75) is 63.6 Å². The molecule has 202 valence electrons. The van der Waals surface area contributed by atoms with Gasteiger partial charge >= 0.3 is 12.1 Å². The summed E-state index contributed by atoms with van der Waals surface area (Å²) in [4.78, 5) is 41.4. The maximum Gasteiger partial charge on any atom is 0.418 e. The third kappa shape index (κ3) is 5.00. The first-order valence-corrected chi connectivity index (χ1v) is 13.5. The van der Waals surface area contributed by atoms with Crippen molar-refractivity contribution in [3.05, 3.63) is 64.7 Å². The van der Waals surface area contributed by atoms with Gasteiger partial charge in [-0.05, 0) is 54.5 Å². The van der Waals surface area contributed by atoms with E-state index in [4.69, 9.17) is 9.47 Å². The van der Waals surface area contributed by atoms with Gasteiger partial charge in [-0.1, -0.05) is 43.7 Å². The molecule has 2 aromatic carbocycles. The normalized spacial score (nSPS) is 22.7. The molecule has 2 heterocycles. The summed E-state index contributed by atoms with van der Waals surface area (Å²) in [6.07, 6.45) is 4.71. The summed E-state index contributed by atoms with van der Waals surface area (Å²) in [6, 6.07) is 14.0. The van der Waals surface area contributed by atoms with Gasteiger partial charge < -0.3 is 20.1 Å². The highest BCUT2D eigenvalue weighted by Crippen LogP contribution is 2.46. The van der Waals surface area contributed by atoms with Gasteiger partial charge in [0.2, 0.25) is 5.60 Å². The monoisotopic (exact) mass is 520 g/mol. The number of benzene rings is 2. The number of anilines is 1. The maximum atomic E-state index is 13.5. The lowest BCUT2D eigenvalue weighted by atomic mass is 9.94. The van der Waals surface area contributed by atoms with Crippen molar-refractivity contribution >= 4 is 23.7 Å². The summed E-state index contributed by atoms with van der Waals surface area (Å²) < 4.78 is 11.8. The molecule has 0 unspecified atom stereocenters. The summed E-state index contributed by atoms with van der Waals surface area (Å²) in [5.74, 6) is -0.343. The largest absolute Gasteiger partial charge is 0.427 e. The lowest BCUT2D eigenvalue weighted by Crippen LogP contribution is -2.40. The predicted molar refractivity (Wildman–Crippen MR) is 143 cm³/mol. The number of hydrogen-bond acceptors (Lipinski definition) is 6. The minimum Gasteiger partial charge on any atom is -0.427 e. The molecule has 0 radical (unpaired) electrons. The minimum atomic E-state index is -1.29. The Hall–Kier alpha value is -3.43. The number of aryl methyl sites for hydroxylation is 2. The van der Waals surface area contributed by atoms with Crippen LogP contribution in [0.4, 0.5) is 15.3 Å². The number of nitrogens with zero attached hydrogens (tertiary/aromatic N) is 2. The number of carbonyl (C=O) groups excluding carboxylic acids is 3. The number of nitrogens with one attached hydrogen (secondary N) is 2. The van der Waals surface area contributed by atoms with Crippen LogP contribution in [0.5, 0.6) is 0 Å². The molecular weight excluding hydrogens is 484 g/mol. The van der Waals surface area contributed by atoms with Crippen molar-refractivity contribution in [2.75, 3.05) is 32.2 Å². The van der Waals surface area contributed by atoms with E-state index in [0.29, 0.717) is 36.9 Å². The van der Waals surface area contributed by atoms with Crippen molar-refractivity contribution in [2.24, 2.45) is 0 Å². The topological polar surface area (TPSA) is 100 Å². The molecule has 1 saturated heterocycles. The van der Waals surface area contributed by atoms with Gasteiger partial charge in [0.15, 0.2) is 0 Å². The standard InChI is InChI=1S/C29H36N4O5/c1-3-6-24-11-9-20-7-4-5-8-22(20)18-32(24)19-37-16-15-33-26(34)29(38-28(33)36)14-13-21-17-23(10-12-25(21)29)31-27(35)30-2/h4-5,7-8,10,12,17,24H,3,6,9,11,13-16,18-19H2,1-2H3,(H2,30,31,35)/t24-,29+/m0/s1. The Balaban J connectivity index is 1.20. The number of ether oxygens (including phenoxy) is 2. The van der Waals surface area contributed by atoms with E-state index in [-0.39, 0.29) is 25.1 Å². The van der Waals surface area contributed by atoms with Gasteiger partial charge in [0.25, 0.3) is 5.91 Å². The molecule has 2 aromatic rings. The number of carbonyl (C=O) groups is 3. The summed E-state index contributed by atoms with van der Waals surface area (Å²) >= 11 is 0. The molecule has 0 bridgehead atoms. The third-order valence-electron chi connectivity index (χ3n) is 7.94. The molecule has 3 aliphatic rings. The Morgan fingerprint density at radius 1 is 1.13 bits per heavy atom. The molecule has 1 fully saturated rings. The Morgan fingerprint density at radius 2 is 1.95 bits per heavy atom. The first kappa shape index (κ1) is 26.2. The van der Waals surface area contributed by atoms with E-state index in [2.05, 4.69) is 46.7 Å². The van der Waals surface area contributed by atoms with Gasteiger partial charge in [-0.25, -0.2) is 14.5 Å². The van der Waals surface area contributed by atoms with E-state index in [9.17, 15) is 14.4 Å². The van der Waals surface area contributed by atoms with Crippen LogP contribution in [0.15, 0.2) is 42.5 Å². The van der Waals surface area contributed by atoms with E-state index in [1.54, 1.807) is 19.2 Å². The van der Waals surface area contributed by atoms with Crippen LogP contribution in [0.25, 0.3) is 0 Å².